The molecule has 130 valence electrons. The van der Waals surface area contributed by atoms with Gasteiger partial charge in [0, 0.05) is 30.5 Å². The average molecular weight is 346 g/mol. The smallest absolute Gasteiger partial charge is 0.165 e. The first kappa shape index (κ1) is 16.3. The summed E-state index contributed by atoms with van der Waals surface area (Å²) >= 11 is 0. The van der Waals surface area contributed by atoms with Crippen LogP contribution in [0.15, 0.2) is 71.4 Å². The molecule has 26 heavy (non-hydrogen) atoms. The van der Waals surface area contributed by atoms with Gasteiger partial charge in [-0.3, -0.25) is 4.98 Å². The topological polar surface area (TPSA) is 78.3 Å². The van der Waals surface area contributed by atoms with Gasteiger partial charge in [-0.1, -0.05) is 30.4 Å². The molecule has 0 amide bonds. The summed E-state index contributed by atoms with van der Waals surface area (Å²) in [7, 11) is 1.55. The normalized spacial score (nSPS) is 22.0. The number of hydrogen-bond donors (Lipinski definition) is 1. The van der Waals surface area contributed by atoms with E-state index >= 15 is 0 Å². The standard InChI is InChI=1S/C21H18N2O3/c1-25-21(9-3-2-6-16(21)13-24)20-19(22)17-8-7-14(11-18(17)26-20)15-5-4-10-23-12-15/h2-13,16H,22H2,1H3. The summed E-state index contributed by atoms with van der Waals surface area (Å²) in [5, 5.41) is 0.789. The van der Waals surface area contributed by atoms with Crippen LogP contribution in [0.4, 0.5) is 5.69 Å². The molecule has 2 atom stereocenters. The molecule has 0 aliphatic heterocycles. The van der Waals surface area contributed by atoms with Crippen molar-refractivity contribution in [3.8, 4) is 11.1 Å². The highest BCUT2D eigenvalue weighted by Crippen LogP contribution is 2.44. The SMILES string of the molecule is COC1(c2oc3cc(-c4cccnc4)ccc3c2N)C=CC=CC1C=O. The summed E-state index contributed by atoms with van der Waals surface area (Å²) in [4.78, 5) is 15.8. The van der Waals surface area contributed by atoms with Gasteiger partial charge < -0.3 is 19.7 Å². The molecule has 0 bridgehead atoms. The molecule has 3 aromatic rings. The van der Waals surface area contributed by atoms with E-state index in [1.54, 1.807) is 25.6 Å². The lowest BCUT2D eigenvalue weighted by atomic mass is 9.82. The Balaban J connectivity index is 1.89. The number of carbonyl (C=O) groups is 1. The number of nitrogens with two attached hydrogens (primary N) is 1. The zero-order valence-corrected chi connectivity index (χ0v) is 14.3. The fourth-order valence-electron chi connectivity index (χ4n) is 3.43. The molecule has 0 saturated carbocycles. The number of carbonyl (C=O) groups excluding carboxylic acids is 1. The number of allylic oxidation sites excluding steroid dienone is 2. The third-order valence-electron chi connectivity index (χ3n) is 4.83. The van der Waals surface area contributed by atoms with Crippen molar-refractivity contribution >= 4 is 22.9 Å². The van der Waals surface area contributed by atoms with E-state index in [1.807, 2.05) is 48.6 Å². The van der Waals surface area contributed by atoms with Crippen molar-refractivity contribution in [2.45, 2.75) is 5.60 Å². The summed E-state index contributed by atoms with van der Waals surface area (Å²) < 4.78 is 11.9. The number of nitrogens with zero attached hydrogens (tertiary/aromatic N) is 1. The van der Waals surface area contributed by atoms with Crippen LogP contribution in [-0.2, 0) is 15.1 Å². The predicted octanol–water partition coefficient (Wildman–Crippen LogP) is 3.86. The lowest BCUT2D eigenvalue weighted by molar-refractivity contribution is -0.118. The van der Waals surface area contributed by atoms with E-state index < -0.39 is 11.5 Å². The Bertz CT molecular complexity index is 1020. The Morgan fingerprint density at radius 1 is 1.27 bits per heavy atom. The second kappa shape index (κ2) is 6.28. The molecule has 0 spiro atoms. The summed E-state index contributed by atoms with van der Waals surface area (Å²) in [5.41, 5.74) is 8.41. The number of furan rings is 1. The van der Waals surface area contributed by atoms with Gasteiger partial charge in [0.1, 0.15) is 11.9 Å². The number of pyridine rings is 1. The molecule has 1 aromatic carbocycles. The molecule has 0 saturated heterocycles. The number of hydrogen-bond acceptors (Lipinski definition) is 5. The molecule has 1 aliphatic rings. The minimum absolute atomic E-state index is 0.441. The number of rotatable bonds is 4. The number of methoxy groups -OCH3 is 1. The highest BCUT2D eigenvalue weighted by atomic mass is 16.5. The maximum absolute atomic E-state index is 11.6. The minimum atomic E-state index is -1.05. The number of benzene rings is 1. The monoisotopic (exact) mass is 346 g/mol. The molecule has 5 heteroatoms. The summed E-state index contributed by atoms with van der Waals surface area (Å²) in [6.45, 7) is 0. The number of anilines is 1. The Morgan fingerprint density at radius 2 is 2.15 bits per heavy atom. The van der Waals surface area contributed by atoms with E-state index in [0.29, 0.717) is 17.0 Å². The van der Waals surface area contributed by atoms with E-state index in [-0.39, 0.29) is 0 Å². The minimum Gasteiger partial charge on any atom is -0.455 e. The van der Waals surface area contributed by atoms with E-state index in [4.69, 9.17) is 14.9 Å². The van der Waals surface area contributed by atoms with Crippen LogP contribution in [0.2, 0.25) is 0 Å². The summed E-state index contributed by atoms with van der Waals surface area (Å²) in [6.07, 6.45) is 11.6. The first-order chi connectivity index (χ1) is 12.7. The Morgan fingerprint density at radius 3 is 2.88 bits per heavy atom. The van der Waals surface area contributed by atoms with Gasteiger partial charge in [-0.25, -0.2) is 0 Å². The van der Waals surface area contributed by atoms with Gasteiger partial charge in [0.25, 0.3) is 0 Å². The zero-order valence-electron chi connectivity index (χ0n) is 14.3. The van der Waals surface area contributed by atoms with E-state index in [2.05, 4.69) is 4.98 Å². The molecule has 0 fully saturated rings. The maximum atomic E-state index is 11.6. The molecule has 1 aliphatic carbocycles. The first-order valence-electron chi connectivity index (χ1n) is 8.29. The number of fused-ring (bicyclic) bond motifs is 1. The van der Waals surface area contributed by atoms with Gasteiger partial charge in [0.2, 0.25) is 0 Å². The Hall–Kier alpha value is -3.18. The van der Waals surface area contributed by atoms with Crippen LogP contribution in [0.5, 0.6) is 0 Å². The highest BCUT2D eigenvalue weighted by Gasteiger charge is 2.43. The van der Waals surface area contributed by atoms with Crippen molar-refractivity contribution in [3.63, 3.8) is 0 Å². The van der Waals surface area contributed by atoms with Crippen LogP contribution in [0.3, 0.4) is 0 Å². The Kier molecular flexibility index (Phi) is 3.93. The van der Waals surface area contributed by atoms with Crippen LogP contribution in [0.1, 0.15) is 5.76 Å². The Labute approximate surface area is 150 Å². The number of aromatic nitrogens is 1. The van der Waals surface area contributed by atoms with Crippen LogP contribution in [0, 0.1) is 5.92 Å². The molecule has 4 rings (SSSR count). The third kappa shape index (κ3) is 2.36. The molecule has 5 nitrogen and oxygen atoms in total. The molecule has 0 radical (unpaired) electrons. The van der Waals surface area contributed by atoms with Gasteiger partial charge >= 0.3 is 0 Å². The molecule has 2 aromatic heterocycles. The number of ether oxygens (including phenoxy) is 1. The summed E-state index contributed by atoms with van der Waals surface area (Å²) in [6, 6.07) is 9.68. The van der Waals surface area contributed by atoms with E-state index in [0.717, 1.165) is 22.8 Å². The van der Waals surface area contributed by atoms with Gasteiger partial charge in [0.15, 0.2) is 11.4 Å². The van der Waals surface area contributed by atoms with Crippen LogP contribution >= 0.6 is 0 Å². The van der Waals surface area contributed by atoms with Gasteiger partial charge in [0.05, 0.1) is 11.6 Å². The largest absolute Gasteiger partial charge is 0.455 e. The van der Waals surface area contributed by atoms with Gasteiger partial charge in [-0.2, -0.15) is 0 Å². The number of aldehydes is 1. The first-order valence-corrected chi connectivity index (χ1v) is 8.29. The summed E-state index contributed by atoms with van der Waals surface area (Å²) in [5.74, 6) is -0.0748. The molecule has 2 heterocycles. The molecular formula is C21H18N2O3. The molecule has 2 N–H and O–H groups in total. The van der Waals surface area contributed by atoms with Crippen molar-refractivity contribution in [1.29, 1.82) is 0 Å². The van der Waals surface area contributed by atoms with Crippen molar-refractivity contribution in [2.24, 2.45) is 5.92 Å². The predicted molar refractivity (Wildman–Crippen MR) is 100 cm³/mol. The maximum Gasteiger partial charge on any atom is 0.165 e. The van der Waals surface area contributed by atoms with Gasteiger partial charge in [-0.15, -0.1) is 0 Å². The molecular weight excluding hydrogens is 328 g/mol. The fourth-order valence-corrected chi connectivity index (χ4v) is 3.43. The second-order valence-electron chi connectivity index (χ2n) is 6.20. The average Bonchev–Trinajstić information content (AvgIpc) is 3.05. The quantitative estimate of drug-likeness (QED) is 0.726. The zero-order chi connectivity index (χ0) is 18.1. The van der Waals surface area contributed by atoms with E-state index in [9.17, 15) is 4.79 Å². The van der Waals surface area contributed by atoms with Crippen molar-refractivity contribution < 1.29 is 13.9 Å². The van der Waals surface area contributed by atoms with E-state index in [1.165, 1.54) is 0 Å². The van der Waals surface area contributed by atoms with Crippen molar-refractivity contribution in [1.82, 2.24) is 4.98 Å². The highest BCUT2D eigenvalue weighted by molar-refractivity contribution is 5.94. The van der Waals surface area contributed by atoms with Crippen molar-refractivity contribution in [3.05, 3.63) is 72.8 Å². The second-order valence-corrected chi connectivity index (χ2v) is 6.20. The van der Waals surface area contributed by atoms with Gasteiger partial charge in [-0.05, 0) is 29.8 Å². The molecule has 2 unspecified atom stereocenters. The third-order valence-corrected chi connectivity index (χ3v) is 4.83. The lowest BCUT2D eigenvalue weighted by Crippen LogP contribution is -2.36. The van der Waals surface area contributed by atoms with Crippen molar-refractivity contribution in [2.75, 3.05) is 12.8 Å². The fraction of sp³-hybridized carbons (Fsp3) is 0.143. The number of nitrogen functional groups attached to an aromatic ring is 1. The van der Waals surface area contributed by atoms with Crippen LogP contribution < -0.4 is 5.73 Å². The van der Waals surface area contributed by atoms with Crippen LogP contribution in [-0.4, -0.2) is 18.4 Å². The van der Waals surface area contributed by atoms with Crippen LogP contribution in [0.25, 0.3) is 22.1 Å². The lowest BCUT2D eigenvalue weighted by Gasteiger charge is -2.32.